The van der Waals surface area contributed by atoms with Crippen molar-refractivity contribution in [3.8, 4) is 0 Å². The molecule has 6 heteroatoms. The van der Waals surface area contributed by atoms with Crippen LogP contribution >= 0.6 is 0 Å². The standard InChI is InChI=1S/C15H18N2O4/c1-2-16(10-15(20)21)14(19)9-17-12-6-4-3-5-11(12)7-8-13(17)18/h3-6H,2,7-10H2,1H3,(H,20,21). The lowest BCUT2D eigenvalue weighted by atomic mass is 10.0. The van der Waals surface area contributed by atoms with E-state index < -0.39 is 5.97 Å². The zero-order valence-electron chi connectivity index (χ0n) is 11.9. The van der Waals surface area contributed by atoms with Gasteiger partial charge >= 0.3 is 5.97 Å². The molecule has 1 N–H and O–H groups in total. The molecule has 1 aliphatic rings. The van der Waals surface area contributed by atoms with Crippen LogP contribution in [0.4, 0.5) is 5.69 Å². The number of carbonyl (C=O) groups excluding carboxylic acids is 2. The predicted molar refractivity (Wildman–Crippen MR) is 77.0 cm³/mol. The summed E-state index contributed by atoms with van der Waals surface area (Å²) < 4.78 is 0. The number of fused-ring (bicyclic) bond motifs is 1. The highest BCUT2D eigenvalue weighted by molar-refractivity contribution is 6.01. The molecule has 0 unspecified atom stereocenters. The topological polar surface area (TPSA) is 77.9 Å². The fraction of sp³-hybridized carbons (Fsp3) is 0.400. The third kappa shape index (κ3) is 3.39. The van der Waals surface area contributed by atoms with E-state index in [0.29, 0.717) is 19.4 Å². The van der Waals surface area contributed by atoms with Crippen molar-refractivity contribution < 1.29 is 19.5 Å². The molecule has 0 aliphatic carbocycles. The third-order valence-corrected chi connectivity index (χ3v) is 3.55. The fourth-order valence-electron chi connectivity index (χ4n) is 2.44. The van der Waals surface area contributed by atoms with Gasteiger partial charge in [0.15, 0.2) is 0 Å². The molecule has 1 aromatic carbocycles. The van der Waals surface area contributed by atoms with Crippen molar-refractivity contribution in [1.29, 1.82) is 0 Å². The van der Waals surface area contributed by atoms with E-state index in [4.69, 9.17) is 5.11 Å². The Hall–Kier alpha value is -2.37. The van der Waals surface area contributed by atoms with Crippen molar-refractivity contribution in [1.82, 2.24) is 4.90 Å². The van der Waals surface area contributed by atoms with Crippen molar-refractivity contribution in [2.75, 3.05) is 24.5 Å². The number of para-hydroxylation sites is 1. The number of carboxylic acid groups (broad SMARTS) is 1. The molecule has 0 fully saturated rings. The maximum absolute atomic E-state index is 12.2. The van der Waals surface area contributed by atoms with Gasteiger partial charge in [0.05, 0.1) is 0 Å². The first-order chi connectivity index (χ1) is 10.0. The molecule has 2 amide bonds. The van der Waals surface area contributed by atoms with Crippen LogP contribution in [0.2, 0.25) is 0 Å². The highest BCUT2D eigenvalue weighted by atomic mass is 16.4. The highest BCUT2D eigenvalue weighted by Crippen LogP contribution is 2.27. The molecule has 2 rings (SSSR count). The van der Waals surface area contributed by atoms with E-state index in [9.17, 15) is 14.4 Å². The van der Waals surface area contributed by atoms with Gasteiger partial charge in [-0.15, -0.1) is 0 Å². The molecule has 0 saturated carbocycles. The first-order valence-corrected chi connectivity index (χ1v) is 6.90. The zero-order chi connectivity index (χ0) is 15.4. The molecule has 1 aliphatic heterocycles. The first-order valence-electron chi connectivity index (χ1n) is 6.90. The number of anilines is 1. The van der Waals surface area contributed by atoms with Crippen molar-refractivity contribution in [2.45, 2.75) is 19.8 Å². The summed E-state index contributed by atoms with van der Waals surface area (Å²) in [5.41, 5.74) is 1.78. The lowest BCUT2D eigenvalue weighted by Gasteiger charge is -2.30. The van der Waals surface area contributed by atoms with E-state index in [2.05, 4.69) is 0 Å². The minimum Gasteiger partial charge on any atom is -0.480 e. The molecular weight excluding hydrogens is 272 g/mol. The Balaban J connectivity index is 2.16. The average molecular weight is 290 g/mol. The van der Waals surface area contributed by atoms with Gasteiger partial charge in [0, 0.05) is 18.7 Å². The second-order valence-electron chi connectivity index (χ2n) is 4.91. The SMILES string of the molecule is CCN(CC(=O)O)C(=O)CN1C(=O)CCc2ccccc21. The Morgan fingerprint density at radius 2 is 2.00 bits per heavy atom. The molecule has 0 bridgehead atoms. The van der Waals surface area contributed by atoms with Gasteiger partial charge in [0.2, 0.25) is 11.8 Å². The minimum atomic E-state index is -1.06. The molecule has 0 atom stereocenters. The number of aryl methyl sites for hydroxylation is 1. The van der Waals surface area contributed by atoms with E-state index in [1.165, 1.54) is 9.80 Å². The number of benzene rings is 1. The number of amides is 2. The molecular formula is C15H18N2O4. The highest BCUT2D eigenvalue weighted by Gasteiger charge is 2.27. The summed E-state index contributed by atoms with van der Waals surface area (Å²) in [6.07, 6.45) is 1.04. The first kappa shape index (κ1) is 15.0. The van der Waals surface area contributed by atoms with Crippen LogP contribution in [0, 0.1) is 0 Å². The average Bonchev–Trinajstić information content (AvgIpc) is 2.47. The van der Waals surface area contributed by atoms with E-state index in [0.717, 1.165) is 11.3 Å². The summed E-state index contributed by atoms with van der Waals surface area (Å²) >= 11 is 0. The van der Waals surface area contributed by atoms with Gasteiger partial charge in [-0.05, 0) is 25.0 Å². The van der Waals surface area contributed by atoms with Crippen LogP contribution < -0.4 is 4.90 Å². The van der Waals surface area contributed by atoms with Crippen LogP contribution in [0.25, 0.3) is 0 Å². The molecule has 1 aromatic rings. The van der Waals surface area contributed by atoms with Gasteiger partial charge < -0.3 is 14.9 Å². The maximum Gasteiger partial charge on any atom is 0.323 e. The molecule has 112 valence electrons. The Labute approximate surface area is 123 Å². The molecule has 0 radical (unpaired) electrons. The molecule has 0 saturated heterocycles. The van der Waals surface area contributed by atoms with Gasteiger partial charge in [0.25, 0.3) is 0 Å². The Kier molecular flexibility index (Phi) is 4.57. The lowest BCUT2D eigenvalue weighted by molar-refractivity contribution is -0.143. The van der Waals surface area contributed by atoms with E-state index >= 15 is 0 Å². The second kappa shape index (κ2) is 6.39. The lowest BCUT2D eigenvalue weighted by Crippen LogP contribution is -2.46. The van der Waals surface area contributed by atoms with Crippen LogP contribution in [0.5, 0.6) is 0 Å². The Morgan fingerprint density at radius 3 is 2.67 bits per heavy atom. The number of carboxylic acids is 1. The van der Waals surface area contributed by atoms with Crippen molar-refractivity contribution in [3.63, 3.8) is 0 Å². The summed E-state index contributed by atoms with van der Waals surface area (Å²) in [4.78, 5) is 37.7. The summed E-state index contributed by atoms with van der Waals surface area (Å²) in [5, 5.41) is 8.81. The number of likely N-dealkylation sites (N-methyl/N-ethyl adjacent to an activating group) is 1. The van der Waals surface area contributed by atoms with Crippen LogP contribution in [0.3, 0.4) is 0 Å². The summed E-state index contributed by atoms with van der Waals surface area (Å²) in [7, 11) is 0. The smallest absolute Gasteiger partial charge is 0.323 e. The molecule has 21 heavy (non-hydrogen) atoms. The summed E-state index contributed by atoms with van der Waals surface area (Å²) in [6.45, 7) is 1.55. The number of hydrogen-bond acceptors (Lipinski definition) is 3. The van der Waals surface area contributed by atoms with Crippen molar-refractivity contribution in [3.05, 3.63) is 29.8 Å². The fourth-order valence-corrected chi connectivity index (χ4v) is 2.44. The van der Waals surface area contributed by atoms with Crippen LogP contribution in [0.15, 0.2) is 24.3 Å². The maximum atomic E-state index is 12.2. The number of carbonyl (C=O) groups is 3. The molecule has 0 aromatic heterocycles. The van der Waals surface area contributed by atoms with Crippen molar-refractivity contribution in [2.24, 2.45) is 0 Å². The number of nitrogens with zero attached hydrogens (tertiary/aromatic N) is 2. The van der Waals surface area contributed by atoms with Crippen LogP contribution in [-0.2, 0) is 20.8 Å². The van der Waals surface area contributed by atoms with Gasteiger partial charge in [-0.25, -0.2) is 0 Å². The number of rotatable bonds is 5. The monoisotopic (exact) mass is 290 g/mol. The minimum absolute atomic E-state index is 0.103. The van der Waals surface area contributed by atoms with Crippen molar-refractivity contribution >= 4 is 23.5 Å². The second-order valence-corrected chi connectivity index (χ2v) is 4.91. The summed E-state index contributed by atoms with van der Waals surface area (Å²) in [5.74, 6) is -1.52. The van der Waals surface area contributed by atoms with E-state index in [1.54, 1.807) is 6.92 Å². The quantitative estimate of drug-likeness (QED) is 0.874. The molecule has 1 heterocycles. The van der Waals surface area contributed by atoms with Gasteiger partial charge in [-0.1, -0.05) is 18.2 Å². The van der Waals surface area contributed by atoms with E-state index in [-0.39, 0.29) is 24.9 Å². The van der Waals surface area contributed by atoms with E-state index in [1.807, 2.05) is 24.3 Å². The third-order valence-electron chi connectivity index (χ3n) is 3.55. The zero-order valence-corrected chi connectivity index (χ0v) is 11.9. The Bertz CT molecular complexity index is 571. The van der Waals surface area contributed by atoms with Gasteiger partial charge in [0.1, 0.15) is 13.1 Å². The predicted octanol–water partition coefficient (Wildman–Crippen LogP) is 0.899. The van der Waals surface area contributed by atoms with Crippen LogP contribution in [-0.4, -0.2) is 47.4 Å². The number of aliphatic carboxylic acids is 1. The summed E-state index contributed by atoms with van der Waals surface area (Å²) in [6, 6.07) is 7.47. The normalized spacial score (nSPS) is 13.8. The number of hydrogen-bond donors (Lipinski definition) is 1. The largest absolute Gasteiger partial charge is 0.480 e. The van der Waals surface area contributed by atoms with Gasteiger partial charge in [-0.3, -0.25) is 14.4 Å². The molecule has 6 nitrogen and oxygen atoms in total. The van der Waals surface area contributed by atoms with Gasteiger partial charge in [-0.2, -0.15) is 0 Å². The molecule has 0 spiro atoms. The Morgan fingerprint density at radius 1 is 1.29 bits per heavy atom. The van der Waals surface area contributed by atoms with Crippen LogP contribution in [0.1, 0.15) is 18.9 Å².